The number of carbonyl (C=O) groups is 1. The Kier molecular flexibility index (Phi) is 4.28. The standard InChI is InChI=1S/C14H27N3O/c1-16(2)12-5-9-17(10-6-12)13(18)11-14(15)7-3-4-8-14/h12H,3-11,15H2,1-2H3. The molecule has 2 rings (SSSR count). The number of likely N-dealkylation sites (tertiary alicyclic amines) is 1. The molecule has 0 atom stereocenters. The maximum Gasteiger partial charge on any atom is 0.224 e. The first-order chi connectivity index (χ1) is 8.50. The van der Waals surface area contributed by atoms with E-state index in [0.29, 0.717) is 12.5 Å². The highest BCUT2D eigenvalue weighted by atomic mass is 16.2. The lowest BCUT2D eigenvalue weighted by molar-refractivity contribution is -0.133. The fourth-order valence-electron chi connectivity index (χ4n) is 3.30. The van der Waals surface area contributed by atoms with Gasteiger partial charge < -0.3 is 15.5 Å². The van der Waals surface area contributed by atoms with Crippen molar-refractivity contribution in [2.24, 2.45) is 5.73 Å². The van der Waals surface area contributed by atoms with Crippen LogP contribution in [0, 0.1) is 0 Å². The van der Waals surface area contributed by atoms with E-state index < -0.39 is 0 Å². The van der Waals surface area contributed by atoms with Gasteiger partial charge in [0, 0.05) is 31.1 Å². The highest BCUT2D eigenvalue weighted by Gasteiger charge is 2.34. The number of nitrogens with two attached hydrogens (primary N) is 1. The molecule has 18 heavy (non-hydrogen) atoms. The summed E-state index contributed by atoms with van der Waals surface area (Å²) in [6.45, 7) is 1.80. The molecule has 1 amide bonds. The molecule has 2 aliphatic rings. The average molecular weight is 253 g/mol. The monoisotopic (exact) mass is 253 g/mol. The zero-order valence-corrected chi connectivity index (χ0v) is 11.8. The average Bonchev–Trinajstić information content (AvgIpc) is 2.76. The van der Waals surface area contributed by atoms with E-state index in [4.69, 9.17) is 5.73 Å². The van der Waals surface area contributed by atoms with Crippen LogP contribution in [0.2, 0.25) is 0 Å². The van der Waals surface area contributed by atoms with E-state index in [2.05, 4.69) is 19.0 Å². The van der Waals surface area contributed by atoms with E-state index in [-0.39, 0.29) is 11.4 Å². The van der Waals surface area contributed by atoms with Crippen molar-refractivity contribution in [2.45, 2.75) is 56.5 Å². The molecule has 4 heteroatoms. The van der Waals surface area contributed by atoms with Crippen molar-refractivity contribution in [1.29, 1.82) is 0 Å². The van der Waals surface area contributed by atoms with E-state index in [9.17, 15) is 4.79 Å². The van der Waals surface area contributed by atoms with Gasteiger partial charge in [0.25, 0.3) is 0 Å². The van der Waals surface area contributed by atoms with Crippen LogP contribution >= 0.6 is 0 Å². The number of amides is 1. The summed E-state index contributed by atoms with van der Waals surface area (Å²) in [5, 5.41) is 0. The first kappa shape index (κ1) is 13.8. The van der Waals surface area contributed by atoms with Crippen molar-refractivity contribution in [3.8, 4) is 0 Å². The summed E-state index contributed by atoms with van der Waals surface area (Å²) >= 11 is 0. The molecule has 0 spiro atoms. The summed E-state index contributed by atoms with van der Waals surface area (Å²) in [4.78, 5) is 16.6. The first-order valence-electron chi connectivity index (χ1n) is 7.23. The van der Waals surface area contributed by atoms with E-state index in [1.54, 1.807) is 0 Å². The molecule has 0 unspecified atom stereocenters. The van der Waals surface area contributed by atoms with Crippen molar-refractivity contribution in [3.05, 3.63) is 0 Å². The number of carbonyl (C=O) groups excluding carboxylic acids is 1. The van der Waals surface area contributed by atoms with Crippen LogP contribution in [0.4, 0.5) is 0 Å². The third-order valence-corrected chi connectivity index (χ3v) is 4.65. The maximum atomic E-state index is 12.3. The Morgan fingerprint density at radius 3 is 2.33 bits per heavy atom. The highest BCUT2D eigenvalue weighted by Crippen LogP contribution is 2.31. The van der Waals surface area contributed by atoms with Crippen LogP contribution in [-0.4, -0.2) is 54.5 Å². The van der Waals surface area contributed by atoms with E-state index >= 15 is 0 Å². The zero-order valence-electron chi connectivity index (χ0n) is 11.8. The first-order valence-corrected chi connectivity index (χ1v) is 7.23. The minimum Gasteiger partial charge on any atom is -0.343 e. The van der Waals surface area contributed by atoms with Gasteiger partial charge in [-0.25, -0.2) is 0 Å². The second kappa shape index (κ2) is 5.57. The molecular formula is C14H27N3O. The predicted molar refractivity (Wildman–Crippen MR) is 73.3 cm³/mol. The van der Waals surface area contributed by atoms with E-state index in [1.165, 1.54) is 12.8 Å². The van der Waals surface area contributed by atoms with Crippen LogP contribution in [0.25, 0.3) is 0 Å². The van der Waals surface area contributed by atoms with Gasteiger partial charge in [0.2, 0.25) is 5.91 Å². The van der Waals surface area contributed by atoms with Gasteiger partial charge in [0.1, 0.15) is 0 Å². The predicted octanol–water partition coefficient (Wildman–Crippen LogP) is 1.20. The third kappa shape index (κ3) is 3.23. The van der Waals surface area contributed by atoms with Crippen molar-refractivity contribution in [3.63, 3.8) is 0 Å². The Hall–Kier alpha value is -0.610. The molecule has 0 aromatic rings. The van der Waals surface area contributed by atoms with Crippen molar-refractivity contribution >= 4 is 5.91 Å². The lowest BCUT2D eigenvalue weighted by Crippen LogP contribution is -2.48. The second-order valence-electron chi connectivity index (χ2n) is 6.32. The minimum absolute atomic E-state index is 0.199. The Bertz CT molecular complexity index is 289. The largest absolute Gasteiger partial charge is 0.343 e. The molecule has 0 bridgehead atoms. The van der Waals surface area contributed by atoms with Crippen molar-refractivity contribution in [1.82, 2.24) is 9.80 Å². The van der Waals surface area contributed by atoms with Crippen LogP contribution in [0.15, 0.2) is 0 Å². The molecule has 2 fully saturated rings. The zero-order chi connectivity index (χ0) is 13.2. The Labute approximate surface area is 110 Å². The Morgan fingerprint density at radius 2 is 1.83 bits per heavy atom. The van der Waals surface area contributed by atoms with Gasteiger partial charge in [-0.2, -0.15) is 0 Å². The maximum absolute atomic E-state index is 12.3. The molecular weight excluding hydrogens is 226 g/mol. The minimum atomic E-state index is -0.199. The number of rotatable bonds is 3. The van der Waals surface area contributed by atoms with Crippen LogP contribution in [-0.2, 0) is 4.79 Å². The lowest BCUT2D eigenvalue weighted by Gasteiger charge is -2.36. The molecule has 0 radical (unpaired) electrons. The molecule has 1 saturated carbocycles. The van der Waals surface area contributed by atoms with Gasteiger partial charge in [0.05, 0.1) is 0 Å². The van der Waals surface area contributed by atoms with E-state index in [0.717, 1.165) is 38.8 Å². The van der Waals surface area contributed by atoms with Crippen molar-refractivity contribution in [2.75, 3.05) is 27.2 Å². The smallest absolute Gasteiger partial charge is 0.224 e. The highest BCUT2D eigenvalue weighted by molar-refractivity contribution is 5.77. The van der Waals surface area contributed by atoms with Crippen LogP contribution in [0.3, 0.4) is 0 Å². The van der Waals surface area contributed by atoms with Crippen LogP contribution < -0.4 is 5.73 Å². The summed E-state index contributed by atoms with van der Waals surface area (Å²) in [5.41, 5.74) is 6.09. The van der Waals surface area contributed by atoms with Gasteiger partial charge in [0.15, 0.2) is 0 Å². The van der Waals surface area contributed by atoms with Gasteiger partial charge in [-0.15, -0.1) is 0 Å². The Balaban J connectivity index is 1.80. The fraction of sp³-hybridized carbons (Fsp3) is 0.929. The van der Waals surface area contributed by atoms with Gasteiger partial charge >= 0.3 is 0 Å². The molecule has 104 valence electrons. The number of piperidine rings is 1. The van der Waals surface area contributed by atoms with Crippen molar-refractivity contribution < 1.29 is 4.79 Å². The normalized spacial score (nSPS) is 24.8. The SMILES string of the molecule is CN(C)C1CCN(C(=O)CC2(N)CCCC2)CC1. The number of hydrogen-bond acceptors (Lipinski definition) is 3. The van der Waals surface area contributed by atoms with E-state index in [1.807, 2.05) is 4.90 Å². The molecule has 4 nitrogen and oxygen atoms in total. The molecule has 1 saturated heterocycles. The van der Waals surface area contributed by atoms with Gasteiger partial charge in [-0.1, -0.05) is 12.8 Å². The molecule has 0 aromatic carbocycles. The molecule has 2 N–H and O–H groups in total. The molecule has 0 aromatic heterocycles. The Morgan fingerprint density at radius 1 is 1.28 bits per heavy atom. The van der Waals surface area contributed by atoms with Crippen LogP contribution in [0.1, 0.15) is 44.9 Å². The fourth-order valence-corrected chi connectivity index (χ4v) is 3.30. The molecule has 1 aliphatic carbocycles. The summed E-state index contributed by atoms with van der Waals surface area (Å²) in [7, 11) is 4.24. The summed E-state index contributed by atoms with van der Waals surface area (Å²) < 4.78 is 0. The second-order valence-corrected chi connectivity index (χ2v) is 6.32. The molecule has 1 aliphatic heterocycles. The number of hydrogen-bond donors (Lipinski definition) is 1. The van der Waals surface area contributed by atoms with Gasteiger partial charge in [-0.3, -0.25) is 4.79 Å². The lowest BCUT2D eigenvalue weighted by atomic mass is 9.93. The quantitative estimate of drug-likeness (QED) is 0.822. The summed E-state index contributed by atoms with van der Waals surface area (Å²) in [6, 6.07) is 0.632. The third-order valence-electron chi connectivity index (χ3n) is 4.65. The topological polar surface area (TPSA) is 49.6 Å². The van der Waals surface area contributed by atoms with Crippen LogP contribution in [0.5, 0.6) is 0 Å². The summed E-state index contributed by atoms with van der Waals surface area (Å²) in [5.74, 6) is 0.275. The van der Waals surface area contributed by atoms with Gasteiger partial charge in [-0.05, 0) is 39.8 Å². The summed E-state index contributed by atoms with van der Waals surface area (Å²) in [6.07, 6.45) is 7.16. The number of nitrogens with zero attached hydrogens (tertiary/aromatic N) is 2. The molecule has 1 heterocycles.